The fourth-order valence-corrected chi connectivity index (χ4v) is 3.88. The predicted octanol–water partition coefficient (Wildman–Crippen LogP) is 2.31. The number of aryl methyl sites for hydroxylation is 1. The van der Waals surface area contributed by atoms with Crippen molar-refractivity contribution < 1.29 is 14.7 Å². The Bertz CT molecular complexity index is 914. The molecule has 1 unspecified atom stereocenters. The summed E-state index contributed by atoms with van der Waals surface area (Å²) in [7, 11) is 0. The average molecular weight is 358 g/mol. The van der Waals surface area contributed by atoms with Crippen molar-refractivity contribution in [3.8, 4) is 0 Å². The number of carbonyl (C=O) groups is 2. The van der Waals surface area contributed by atoms with Gasteiger partial charge in [0.15, 0.2) is 0 Å². The third-order valence-corrected chi connectivity index (χ3v) is 5.05. The summed E-state index contributed by atoms with van der Waals surface area (Å²) in [6, 6.07) is 10.5. The number of hydrogen-bond acceptors (Lipinski definition) is 4. The summed E-state index contributed by atoms with van der Waals surface area (Å²) in [6.45, 7) is 1.61. The lowest BCUT2D eigenvalue weighted by molar-refractivity contribution is -0.125. The lowest BCUT2D eigenvalue weighted by Crippen LogP contribution is -2.62. The van der Waals surface area contributed by atoms with Gasteiger partial charge in [0.2, 0.25) is 5.66 Å². The lowest BCUT2D eigenvalue weighted by atomic mass is 9.90. The van der Waals surface area contributed by atoms with Crippen LogP contribution in [0.3, 0.4) is 0 Å². The number of amides is 2. The Morgan fingerprint density at radius 1 is 1.20 bits per heavy atom. The minimum absolute atomic E-state index is 0.0129. The van der Waals surface area contributed by atoms with Gasteiger partial charge in [-0.05, 0) is 30.7 Å². The zero-order valence-electron chi connectivity index (χ0n) is 13.5. The molecule has 2 aromatic carbocycles. The Hall–Kier alpha value is -2.57. The molecule has 0 fully saturated rings. The molecule has 0 aliphatic carbocycles. The fraction of sp³-hybridized carbons (Fsp3) is 0.222. The van der Waals surface area contributed by atoms with E-state index < -0.39 is 11.6 Å². The van der Waals surface area contributed by atoms with Crippen molar-refractivity contribution in [2.75, 3.05) is 23.8 Å². The number of rotatable bonds is 2. The van der Waals surface area contributed by atoms with Gasteiger partial charge in [-0.15, -0.1) is 0 Å². The van der Waals surface area contributed by atoms with Gasteiger partial charge in [-0.3, -0.25) is 9.59 Å². The first-order valence-corrected chi connectivity index (χ1v) is 8.29. The van der Waals surface area contributed by atoms with Crippen LogP contribution in [0, 0.1) is 6.92 Å². The van der Waals surface area contributed by atoms with Crippen LogP contribution in [0.2, 0.25) is 5.02 Å². The molecule has 0 saturated carbocycles. The number of nitrogens with one attached hydrogen (secondary N) is 2. The SMILES string of the molecule is Cc1ccc(Cl)c2c1C1(Nc3ccccc3C(=O)N1CCO)C(=O)N2. The highest BCUT2D eigenvalue weighted by Gasteiger charge is 2.57. The Balaban J connectivity index is 2.02. The second-order valence-corrected chi connectivity index (χ2v) is 6.54. The number of halogens is 1. The maximum Gasteiger partial charge on any atom is 0.276 e. The number of anilines is 2. The molecule has 2 aliphatic heterocycles. The topological polar surface area (TPSA) is 81.7 Å². The number of β-amino-alcohol motifs (C(OH)–C–C–N with tert-alkyl or cyclic N) is 1. The summed E-state index contributed by atoms with van der Waals surface area (Å²) < 4.78 is 0. The molecule has 2 aliphatic rings. The van der Waals surface area contributed by atoms with Crippen molar-refractivity contribution >= 4 is 34.8 Å². The summed E-state index contributed by atoms with van der Waals surface area (Å²) in [5.74, 6) is -0.708. The molecule has 0 radical (unpaired) electrons. The van der Waals surface area contributed by atoms with Crippen LogP contribution >= 0.6 is 11.6 Å². The van der Waals surface area contributed by atoms with E-state index in [1.54, 1.807) is 30.3 Å². The van der Waals surface area contributed by atoms with Crippen molar-refractivity contribution in [2.24, 2.45) is 0 Å². The highest BCUT2D eigenvalue weighted by atomic mass is 35.5. The Kier molecular flexibility index (Phi) is 3.49. The van der Waals surface area contributed by atoms with Crippen molar-refractivity contribution in [1.29, 1.82) is 0 Å². The van der Waals surface area contributed by atoms with Crippen LogP contribution in [0.25, 0.3) is 0 Å². The highest BCUT2D eigenvalue weighted by molar-refractivity contribution is 6.35. The number of hydrogen-bond donors (Lipinski definition) is 3. The second kappa shape index (κ2) is 5.47. The van der Waals surface area contributed by atoms with Crippen molar-refractivity contribution in [3.05, 3.63) is 58.1 Å². The summed E-state index contributed by atoms with van der Waals surface area (Å²) in [6.07, 6.45) is 0. The summed E-state index contributed by atoms with van der Waals surface area (Å²) >= 11 is 6.28. The Labute approximate surface area is 149 Å². The molecular weight excluding hydrogens is 342 g/mol. The van der Waals surface area contributed by atoms with Crippen molar-refractivity contribution in [2.45, 2.75) is 12.6 Å². The van der Waals surface area contributed by atoms with Gasteiger partial charge in [0, 0.05) is 17.8 Å². The molecular formula is C18H16ClN3O3. The molecule has 6 nitrogen and oxygen atoms in total. The number of fused-ring (bicyclic) bond motifs is 3. The maximum atomic E-state index is 13.1. The molecule has 128 valence electrons. The first kappa shape index (κ1) is 15.9. The van der Waals surface area contributed by atoms with Crippen LogP contribution in [-0.2, 0) is 10.5 Å². The monoisotopic (exact) mass is 357 g/mol. The molecule has 4 rings (SSSR count). The first-order chi connectivity index (χ1) is 12.0. The van der Waals surface area contributed by atoms with Crippen molar-refractivity contribution in [1.82, 2.24) is 4.90 Å². The molecule has 0 saturated heterocycles. The molecule has 1 spiro atoms. The highest BCUT2D eigenvalue weighted by Crippen LogP contribution is 2.48. The molecule has 1 atom stereocenters. The van der Waals surface area contributed by atoms with E-state index in [4.69, 9.17) is 11.6 Å². The van der Waals surface area contributed by atoms with Crippen LogP contribution in [0.4, 0.5) is 11.4 Å². The van der Waals surface area contributed by atoms with E-state index in [2.05, 4.69) is 10.6 Å². The van der Waals surface area contributed by atoms with Gasteiger partial charge < -0.3 is 20.6 Å². The second-order valence-electron chi connectivity index (χ2n) is 6.13. The third-order valence-electron chi connectivity index (χ3n) is 4.74. The zero-order valence-corrected chi connectivity index (χ0v) is 14.2. The number of carbonyl (C=O) groups excluding carboxylic acids is 2. The van der Waals surface area contributed by atoms with E-state index in [9.17, 15) is 14.7 Å². The molecule has 0 bridgehead atoms. The molecule has 2 aromatic rings. The van der Waals surface area contributed by atoms with Crippen LogP contribution in [-0.4, -0.2) is 35.0 Å². The molecule has 3 N–H and O–H groups in total. The minimum atomic E-state index is -1.43. The number of para-hydroxylation sites is 1. The van der Waals surface area contributed by atoms with Crippen LogP contribution < -0.4 is 10.6 Å². The zero-order chi connectivity index (χ0) is 17.8. The quantitative estimate of drug-likeness (QED) is 0.770. The van der Waals surface area contributed by atoms with E-state index in [1.165, 1.54) is 4.90 Å². The maximum absolute atomic E-state index is 13.1. The average Bonchev–Trinajstić information content (AvgIpc) is 2.89. The molecule has 0 aromatic heterocycles. The van der Waals surface area contributed by atoms with E-state index in [0.29, 0.717) is 27.5 Å². The first-order valence-electron chi connectivity index (χ1n) is 7.91. The van der Waals surface area contributed by atoms with Gasteiger partial charge in [0.1, 0.15) is 0 Å². The van der Waals surface area contributed by atoms with Crippen LogP contribution in [0.1, 0.15) is 21.5 Å². The number of aliphatic hydroxyl groups excluding tert-OH is 1. The van der Waals surface area contributed by atoms with Gasteiger partial charge in [-0.25, -0.2) is 0 Å². The lowest BCUT2D eigenvalue weighted by Gasteiger charge is -2.44. The molecule has 25 heavy (non-hydrogen) atoms. The van der Waals surface area contributed by atoms with E-state index in [-0.39, 0.29) is 19.1 Å². The third kappa shape index (κ3) is 2.01. The number of benzene rings is 2. The van der Waals surface area contributed by atoms with Gasteiger partial charge in [0.05, 0.1) is 22.9 Å². The summed E-state index contributed by atoms with van der Waals surface area (Å²) in [5.41, 5.74) is 1.53. The molecule has 7 heteroatoms. The predicted molar refractivity (Wildman–Crippen MR) is 94.7 cm³/mol. The smallest absolute Gasteiger partial charge is 0.276 e. The molecule has 2 heterocycles. The normalized spacial score (nSPS) is 21.0. The number of nitrogens with zero attached hydrogens (tertiary/aromatic N) is 1. The van der Waals surface area contributed by atoms with Crippen molar-refractivity contribution in [3.63, 3.8) is 0 Å². The van der Waals surface area contributed by atoms with Gasteiger partial charge >= 0.3 is 0 Å². The fourth-order valence-electron chi connectivity index (χ4n) is 3.67. The summed E-state index contributed by atoms with van der Waals surface area (Å²) in [4.78, 5) is 27.5. The molecule has 2 amide bonds. The Morgan fingerprint density at radius 3 is 2.72 bits per heavy atom. The standard InChI is InChI=1S/C18H16ClN3O3/c1-10-6-7-12(19)15-14(10)18(17(25)20-15)21-13-5-3-2-4-11(13)16(24)22(18)8-9-23/h2-7,21,23H,8-9H2,1H3,(H,20,25). The van der Waals surface area contributed by atoms with Gasteiger partial charge in [-0.1, -0.05) is 29.8 Å². The Morgan fingerprint density at radius 2 is 1.96 bits per heavy atom. The van der Waals surface area contributed by atoms with Gasteiger partial charge in [-0.2, -0.15) is 0 Å². The van der Waals surface area contributed by atoms with E-state index in [0.717, 1.165) is 5.56 Å². The largest absolute Gasteiger partial charge is 0.395 e. The van der Waals surface area contributed by atoms with E-state index in [1.807, 2.05) is 13.0 Å². The number of aliphatic hydroxyl groups is 1. The summed E-state index contributed by atoms with van der Waals surface area (Å²) in [5, 5.41) is 15.9. The van der Waals surface area contributed by atoms with Crippen LogP contribution in [0.15, 0.2) is 36.4 Å². The minimum Gasteiger partial charge on any atom is -0.395 e. The van der Waals surface area contributed by atoms with Gasteiger partial charge in [0.25, 0.3) is 11.8 Å². The van der Waals surface area contributed by atoms with E-state index >= 15 is 0 Å². The van der Waals surface area contributed by atoms with Crippen LogP contribution in [0.5, 0.6) is 0 Å².